The van der Waals surface area contributed by atoms with E-state index < -0.39 is 28.0 Å². The van der Waals surface area contributed by atoms with E-state index >= 15 is 0 Å². The average molecular weight is 441 g/mol. The first kappa shape index (κ1) is 22.7. The highest BCUT2D eigenvalue weighted by atomic mass is 35.5. The van der Waals surface area contributed by atoms with Gasteiger partial charge in [-0.25, -0.2) is 17.9 Å². The van der Waals surface area contributed by atoms with E-state index in [1.807, 2.05) is 0 Å². The van der Waals surface area contributed by atoms with E-state index in [-0.39, 0.29) is 27.3 Å². The number of benzene rings is 2. The summed E-state index contributed by atoms with van der Waals surface area (Å²) in [6.45, 7) is 4.78. The van der Waals surface area contributed by atoms with Gasteiger partial charge < -0.3 is 15.2 Å². The number of esters is 1. The number of hydrogen-bond donors (Lipinski definition) is 3. The fourth-order valence-corrected chi connectivity index (χ4v) is 3.71. The Bertz CT molecular complexity index is 1010. The number of amides is 1. The summed E-state index contributed by atoms with van der Waals surface area (Å²) in [7, 11) is -3.64. The third-order valence-corrected chi connectivity index (χ3v) is 5.57. The number of sulfonamides is 1. The molecule has 0 aliphatic rings. The van der Waals surface area contributed by atoms with E-state index in [0.29, 0.717) is 5.69 Å². The summed E-state index contributed by atoms with van der Waals surface area (Å²) >= 11 is 5.71. The summed E-state index contributed by atoms with van der Waals surface area (Å²) in [5.41, 5.74) is 0.206. The van der Waals surface area contributed by atoms with Crippen molar-refractivity contribution in [2.24, 2.45) is 0 Å². The Hall–Kier alpha value is -2.62. The molecule has 1 unspecified atom stereocenters. The monoisotopic (exact) mass is 440 g/mol. The maximum Gasteiger partial charge on any atom is 0.342 e. The van der Waals surface area contributed by atoms with Gasteiger partial charge >= 0.3 is 5.97 Å². The van der Waals surface area contributed by atoms with Gasteiger partial charge in [-0.3, -0.25) is 4.79 Å². The Morgan fingerprint density at radius 2 is 1.69 bits per heavy atom. The number of hydrogen-bond acceptors (Lipinski definition) is 6. The van der Waals surface area contributed by atoms with Gasteiger partial charge in [0.1, 0.15) is 11.3 Å². The SMILES string of the molecule is CC(C)NS(=O)(=O)c1ccc(NC(=O)C(C)OC(=O)c2ccc(Cl)cc2O)cc1. The van der Waals surface area contributed by atoms with Crippen LogP contribution in [0.15, 0.2) is 47.4 Å². The van der Waals surface area contributed by atoms with E-state index in [0.717, 1.165) is 0 Å². The van der Waals surface area contributed by atoms with Crippen LogP contribution >= 0.6 is 11.6 Å². The van der Waals surface area contributed by atoms with Crippen LogP contribution in [0.25, 0.3) is 0 Å². The standard InChI is InChI=1S/C19H21ClN2O6S/c1-11(2)22-29(26,27)15-7-5-14(6-8-15)21-18(24)12(3)28-19(25)16-9-4-13(20)10-17(16)23/h4-12,22-23H,1-3H3,(H,21,24). The summed E-state index contributed by atoms with van der Waals surface area (Å²) < 4.78 is 31.7. The van der Waals surface area contributed by atoms with Gasteiger partial charge in [0.05, 0.1) is 4.90 Å². The van der Waals surface area contributed by atoms with Gasteiger partial charge in [0, 0.05) is 16.8 Å². The molecule has 0 fully saturated rings. The van der Waals surface area contributed by atoms with Gasteiger partial charge in [-0.1, -0.05) is 11.6 Å². The normalized spacial score (nSPS) is 12.4. The molecule has 10 heteroatoms. The first-order valence-corrected chi connectivity index (χ1v) is 10.5. The van der Waals surface area contributed by atoms with E-state index in [1.54, 1.807) is 13.8 Å². The molecule has 0 aliphatic carbocycles. The van der Waals surface area contributed by atoms with Crippen molar-refractivity contribution in [2.75, 3.05) is 5.32 Å². The van der Waals surface area contributed by atoms with Crippen molar-refractivity contribution in [1.82, 2.24) is 4.72 Å². The molecule has 29 heavy (non-hydrogen) atoms. The number of phenolic OH excluding ortho intramolecular Hbond substituents is 1. The third kappa shape index (κ3) is 6.18. The van der Waals surface area contributed by atoms with Crippen molar-refractivity contribution in [1.29, 1.82) is 0 Å². The van der Waals surface area contributed by atoms with E-state index in [9.17, 15) is 23.1 Å². The Balaban J connectivity index is 2.01. The Morgan fingerprint density at radius 1 is 1.07 bits per heavy atom. The molecule has 0 aliphatic heterocycles. The van der Waals surface area contributed by atoms with Crippen LogP contribution in [0.1, 0.15) is 31.1 Å². The smallest absolute Gasteiger partial charge is 0.342 e. The number of nitrogens with one attached hydrogen (secondary N) is 2. The van der Waals surface area contributed by atoms with Gasteiger partial charge in [-0.15, -0.1) is 0 Å². The number of rotatable bonds is 7. The number of anilines is 1. The summed E-state index contributed by atoms with van der Waals surface area (Å²) in [5.74, 6) is -1.87. The van der Waals surface area contributed by atoms with Crippen LogP contribution in [0, 0.1) is 0 Å². The minimum absolute atomic E-state index is 0.0573. The number of carbonyl (C=O) groups excluding carboxylic acids is 2. The van der Waals surface area contributed by atoms with Crippen LogP contribution in [0.5, 0.6) is 5.75 Å². The zero-order valence-corrected chi connectivity index (χ0v) is 17.5. The average Bonchev–Trinajstić information content (AvgIpc) is 2.60. The topological polar surface area (TPSA) is 122 Å². The van der Waals surface area contributed by atoms with Crippen LogP contribution in [0.2, 0.25) is 5.02 Å². The molecule has 2 aromatic rings. The lowest BCUT2D eigenvalue weighted by atomic mass is 10.2. The Morgan fingerprint density at radius 3 is 2.24 bits per heavy atom. The fraction of sp³-hybridized carbons (Fsp3) is 0.263. The van der Waals surface area contributed by atoms with Crippen LogP contribution < -0.4 is 10.0 Å². The highest BCUT2D eigenvalue weighted by molar-refractivity contribution is 7.89. The molecule has 0 radical (unpaired) electrons. The molecule has 8 nitrogen and oxygen atoms in total. The number of ether oxygens (including phenoxy) is 1. The van der Waals surface area contributed by atoms with Gasteiger partial charge in [-0.2, -0.15) is 0 Å². The molecule has 156 valence electrons. The largest absolute Gasteiger partial charge is 0.507 e. The number of halogens is 1. The first-order chi connectivity index (χ1) is 13.5. The molecule has 0 bridgehead atoms. The molecule has 0 saturated heterocycles. The van der Waals surface area contributed by atoms with Crippen molar-refractivity contribution >= 4 is 39.2 Å². The van der Waals surface area contributed by atoms with Gasteiger partial charge in [0.15, 0.2) is 6.10 Å². The van der Waals surface area contributed by atoms with Gasteiger partial charge in [-0.05, 0) is 63.2 Å². The highest BCUT2D eigenvalue weighted by Gasteiger charge is 2.21. The quantitative estimate of drug-likeness (QED) is 0.569. The molecule has 2 aromatic carbocycles. The van der Waals surface area contributed by atoms with Crippen LogP contribution in [-0.4, -0.2) is 37.5 Å². The Labute approximate surface area is 173 Å². The molecule has 1 atom stereocenters. The summed E-state index contributed by atoms with van der Waals surface area (Å²) in [6.07, 6.45) is -1.16. The zero-order valence-electron chi connectivity index (χ0n) is 16.0. The highest BCUT2D eigenvalue weighted by Crippen LogP contribution is 2.23. The lowest BCUT2D eigenvalue weighted by molar-refractivity contribution is -0.123. The maximum absolute atomic E-state index is 12.2. The van der Waals surface area contributed by atoms with Crippen LogP contribution in [-0.2, 0) is 19.6 Å². The van der Waals surface area contributed by atoms with Crippen molar-refractivity contribution in [2.45, 2.75) is 37.8 Å². The van der Waals surface area contributed by atoms with Crippen LogP contribution in [0.3, 0.4) is 0 Å². The molecular weight excluding hydrogens is 420 g/mol. The fourth-order valence-electron chi connectivity index (χ4n) is 2.29. The van der Waals surface area contributed by atoms with Crippen LogP contribution in [0.4, 0.5) is 5.69 Å². The first-order valence-electron chi connectivity index (χ1n) is 8.62. The molecule has 1 amide bonds. The van der Waals surface area contributed by atoms with Crippen molar-refractivity contribution in [3.63, 3.8) is 0 Å². The zero-order chi connectivity index (χ0) is 21.8. The van der Waals surface area contributed by atoms with Gasteiger partial charge in [0.25, 0.3) is 5.91 Å². The second-order valence-electron chi connectivity index (χ2n) is 6.50. The number of carbonyl (C=O) groups is 2. The second-order valence-corrected chi connectivity index (χ2v) is 8.65. The molecule has 0 spiro atoms. The van der Waals surface area contributed by atoms with Crippen molar-refractivity contribution in [3.8, 4) is 5.75 Å². The maximum atomic E-state index is 12.2. The Kier molecular flexibility index (Phi) is 7.23. The molecular formula is C19H21ClN2O6S. The molecule has 3 N–H and O–H groups in total. The molecule has 0 heterocycles. The number of aromatic hydroxyl groups is 1. The molecule has 2 rings (SSSR count). The lowest BCUT2D eigenvalue weighted by Gasteiger charge is -2.14. The second kappa shape index (κ2) is 9.25. The van der Waals surface area contributed by atoms with Crippen molar-refractivity contribution in [3.05, 3.63) is 53.1 Å². The summed E-state index contributed by atoms with van der Waals surface area (Å²) in [6, 6.07) is 9.17. The lowest BCUT2D eigenvalue weighted by Crippen LogP contribution is -2.30. The van der Waals surface area contributed by atoms with E-state index in [2.05, 4.69) is 10.0 Å². The van der Waals surface area contributed by atoms with E-state index in [1.165, 1.54) is 49.4 Å². The van der Waals surface area contributed by atoms with E-state index in [4.69, 9.17) is 16.3 Å². The molecule has 0 aromatic heterocycles. The minimum Gasteiger partial charge on any atom is -0.507 e. The predicted octanol–water partition coefficient (Wildman–Crippen LogP) is 2.92. The van der Waals surface area contributed by atoms with Crippen molar-refractivity contribution < 1.29 is 27.9 Å². The summed E-state index contributed by atoms with van der Waals surface area (Å²) in [4.78, 5) is 24.4. The third-order valence-electron chi connectivity index (χ3n) is 3.66. The minimum atomic E-state index is -3.64. The summed E-state index contributed by atoms with van der Waals surface area (Å²) in [5, 5.41) is 12.5. The predicted molar refractivity (Wildman–Crippen MR) is 109 cm³/mol. The molecule has 0 saturated carbocycles. The van der Waals surface area contributed by atoms with Gasteiger partial charge in [0.2, 0.25) is 10.0 Å². The number of phenols is 1.